The first-order chi connectivity index (χ1) is 3.18. The normalized spacial score (nSPS) is 13.6. The molecule has 0 saturated carbocycles. The van der Waals surface area contributed by atoms with Crippen LogP contribution in [0.5, 0.6) is 0 Å². The van der Waals surface area contributed by atoms with E-state index in [9.17, 15) is 0 Å². The zero-order chi connectivity index (χ0) is 5.86. The van der Waals surface area contributed by atoms with Crippen LogP contribution in [0.3, 0.4) is 0 Å². The second-order valence-electron chi connectivity index (χ2n) is 1.90. The van der Waals surface area contributed by atoms with E-state index in [-0.39, 0.29) is 0 Å². The summed E-state index contributed by atoms with van der Waals surface area (Å²) >= 11 is 5.49. The second kappa shape index (κ2) is 3.09. The Bertz CT molecular complexity index is 66.6. The van der Waals surface area contributed by atoms with Crippen LogP contribution >= 0.6 is 11.6 Å². The van der Waals surface area contributed by atoms with Gasteiger partial charge in [-0.3, -0.25) is 0 Å². The van der Waals surface area contributed by atoms with Gasteiger partial charge in [-0.2, -0.15) is 0 Å². The van der Waals surface area contributed by atoms with Gasteiger partial charge in [0.15, 0.2) is 0 Å². The molecular weight excluding hydrogens is 108 g/mol. The highest BCUT2D eigenvalue weighted by molar-refractivity contribution is 6.18. The van der Waals surface area contributed by atoms with E-state index in [1.165, 1.54) is 0 Å². The monoisotopic (exact) mass is 118 g/mol. The molecule has 0 aliphatic heterocycles. The minimum atomic E-state index is 0.474. The minimum Gasteiger partial charge on any atom is -0.126 e. The summed E-state index contributed by atoms with van der Waals surface area (Å²) in [6.07, 6.45) is 0. The molecule has 0 aromatic heterocycles. The van der Waals surface area contributed by atoms with Gasteiger partial charge in [-0.05, 0) is 12.8 Å². The second-order valence-corrected chi connectivity index (χ2v) is 2.21. The topological polar surface area (TPSA) is 0 Å². The van der Waals surface area contributed by atoms with Crippen molar-refractivity contribution in [2.45, 2.75) is 13.8 Å². The van der Waals surface area contributed by atoms with Crippen molar-refractivity contribution < 1.29 is 0 Å². The molecule has 0 heterocycles. The summed E-state index contributed by atoms with van der Waals surface area (Å²) in [6, 6.07) is 0. The van der Waals surface area contributed by atoms with Crippen LogP contribution in [0.25, 0.3) is 0 Å². The third-order valence-corrected chi connectivity index (χ3v) is 1.54. The summed E-state index contributed by atoms with van der Waals surface area (Å²) in [5.41, 5.74) is 1.16. The van der Waals surface area contributed by atoms with E-state index in [0.717, 1.165) is 5.57 Å². The zero-order valence-corrected chi connectivity index (χ0v) is 5.63. The molecule has 0 N–H and O–H groups in total. The third-order valence-electron chi connectivity index (χ3n) is 1.07. The molecule has 0 aromatic carbocycles. The molecule has 0 aliphatic rings. The Labute approximate surface area is 50.2 Å². The first-order valence-corrected chi connectivity index (χ1v) is 2.93. The highest BCUT2D eigenvalue weighted by Crippen LogP contribution is 2.07. The Morgan fingerprint density at radius 3 is 2.29 bits per heavy atom. The number of rotatable bonds is 2. The molecule has 1 atom stereocenters. The van der Waals surface area contributed by atoms with E-state index < -0.39 is 0 Å². The van der Waals surface area contributed by atoms with E-state index in [4.69, 9.17) is 11.6 Å². The van der Waals surface area contributed by atoms with Crippen molar-refractivity contribution >= 4 is 11.6 Å². The van der Waals surface area contributed by atoms with Crippen molar-refractivity contribution in [2.24, 2.45) is 5.92 Å². The maximum Gasteiger partial charge on any atom is 0.0286 e. The van der Waals surface area contributed by atoms with E-state index in [1.807, 2.05) is 6.92 Å². The molecule has 0 saturated heterocycles. The van der Waals surface area contributed by atoms with Crippen LogP contribution in [0.2, 0.25) is 0 Å². The summed E-state index contributed by atoms with van der Waals surface area (Å²) in [6.45, 7) is 7.80. The Morgan fingerprint density at radius 2 is 2.29 bits per heavy atom. The van der Waals surface area contributed by atoms with Gasteiger partial charge in [-0.15, -0.1) is 11.6 Å². The van der Waals surface area contributed by atoms with Crippen molar-refractivity contribution in [1.29, 1.82) is 0 Å². The Kier molecular flexibility index (Phi) is 3.10. The van der Waals surface area contributed by atoms with Crippen LogP contribution in [0.1, 0.15) is 13.8 Å². The third kappa shape index (κ3) is 2.69. The first-order valence-electron chi connectivity index (χ1n) is 2.40. The van der Waals surface area contributed by atoms with E-state index in [0.29, 0.717) is 11.8 Å². The molecule has 1 heteroatoms. The van der Waals surface area contributed by atoms with Crippen molar-refractivity contribution in [1.82, 2.24) is 0 Å². The van der Waals surface area contributed by atoms with Gasteiger partial charge in [0.1, 0.15) is 0 Å². The fraction of sp³-hybridized carbons (Fsp3) is 0.667. The van der Waals surface area contributed by atoms with Gasteiger partial charge in [-0.25, -0.2) is 0 Å². The van der Waals surface area contributed by atoms with Crippen molar-refractivity contribution in [2.75, 3.05) is 5.88 Å². The van der Waals surface area contributed by atoms with Crippen molar-refractivity contribution in [3.63, 3.8) is 0 Å². The molecule has 0 aliphatic carbocycles. The average Bonchev–Trinajstić information content (AvgIpc) is 1.65. The maximum absolute atomic E-state index is 5.49. The predicted octanol–water partition coefficient (Wildman–Crippen LogP) is 2.44. The SMILES string of the molecule is C=C(C)[C@@H](C)CCl. The molecule has 0 rings (SSSR count). The van der Waals surface area contributed by atoms with E-state index >= 15 is 0 Å². The van der Waals surface area contributed by atoms with Gasteiger partial charge in [0.2, 0.25) is 0 Å². The number of hydrogen-bond donors (Lipinski definition) is 0. The summed E-state index contributed by atoms with van der Waals surface area (Å²) in [7, 11) is 0. The summed E-state index contributed by atoms with van der Waals surface area (Å²) < 4.78 is 0. The lowest BCUT2D eigenvalue weighted by Gasteiger charge is -2.02. The fourth-order valence-corrected chi connectivity index (χ4v) is 0.395. The number of hydrogen-bond acceptors (Lipinski definition) is 0. The highest BCUT2D eigenvalue weighted by Gasteiger charge is 1.96. The lowest BCUT2D eigenvalue weighted by molar-refractivity contribution is 0.782. The molecular formula is C6H11Cl. The smallest absolute Gasteiger partial charge is 0.0286 e. The lowest BCUT2D eigenvalue weighted by Crippen LogP contribution is -1.94. The molecule has 0 bridgehead atoms. The van der Waals surface area contributed by atoms with Crippen molar-refractivity contribution in [3.8, 4) is 0 Å². The molecule has 7 heavy (non-hydrogen) atoms. The standard InChI is InChI=1S/C6H11Cl/c1-5(2)6(3)4-7/h6H,1,4H2,2-3H3/t6-/m0/s1. The molecule has 0 spiro atoms. The molecule has 0 amide bonds. The highest BCUT2D eigenvalue weighted by atomic mass is 35.5. The van der Waals surface area contributed by atoms with Crippen LogP contribution in [0, 0.1) is 5.92 Å². The van der Waals surface area contributed by atoms with Gasteiger partial charge in [-0.1, -0.05) is 19.1 Å². The van der Waals surface area contributed by atoms with Crippen LogP contribution < -0.4 is 0 Å². The van der Waals surface area contributed by atoms with Crippen molar-refractivity contribution in [3.05, 3.63) is 12.2 Å². The quantitative estimate of drug-likeness (QED) is 0.386. The van der Waals surface area contributed by atoms with Gasteiger partial charge in [0.05, 0.1) is 0 Å². The molecule has 0 aromatic rings. The molecule has 0 fully saturated rings. The van der Waals surface area contributed by atoms with Gasteiger partial charge in [0.25, 0.3) is 0 Å². The van der Waals surface area contributed by atoms with Gasteiger partial charge >= 0.3 is 0 Å². The predicted molar refractivity (Wildman–Crippen MR) is 34.7 cm³/mol. The zero-order valence-electron chi connectivity index (χ0n) is 4.87. The molecule has 0 radical (unpaired) electrons. The van der Waals surface area contributed by atoms with E-state index in [2.05, 4.69) is 13.5 Å². The summed E-state index contributed by atoms with van der Waals surface area (Å²) in [5.74, 6) is 1.16. The summed E-state index contributed by atoms with van der Waals surface area (Å²) in [5, 5.41) is 0. The van der Waals surface area contributed by atoms with E-state index in [1.54, 1.807) is 0 Å². The van der Waals surface area contributed by atoms with Crippen LogP contribution in [0.4, 0.5) is 0 Å². The van der Waals surface area contributed by atoms with Crippen LogP contribution in [-0.4, -0.2) is 5.88 Å². The average molecular weight is 119 g/mol. The molecule has 0 unspecified atom stereocenters. The number of alkyl halides is 1. The number of halogens is 1. The van der Waals surface area contributed by atoms with Gasteiger partial charge in [0, 0.05) is 5.88 Å². The summed E-state index contributed by atoms with van der Waals surface area (Å²) in [4.78, 5) is 0. The Balaban J connectivity index is 3.34. The lowest BCUT2D eigenvalue weighted by atomic mass is 10.1. The van der Waals surface area contributed by atoms with Gasteiger partial charge < -0.3 is 0 Å². The molecule has 42 valence electrons. The number of allylic oxidation sites excluding steroid dienone is 1. The largest absolute Gasteiger partial charge is 0.126 e. The first kappa shape index (κ1) is 7.03. The minimum absolute atomic E-state index is 0.474. The van der Waals surface area contributed by atoms with Crippen LogP contribution in [-0.2, 0) is 0 Å². The Hall–Kier alpha value is 0.0300. The Morgan fingerprint density at radius 1 is 1.86 bits per heavy atom. The molecule has 0 nitrogen and oxygen atoms in total. The maximum atomic E-state index is 5.49. The fourth-order valence-electron chi connectivity index (χ4n) is 0.132. The van der Waals surface area contributed by atoms with Crippen LogP contribution in [0.15, 0.2) is 12.2 Å².